The van der Waals surface area contributed by atoms with Crippen LogP contribution in [0.25, 0.3) is 0 Å². The highest BCUT2D eigenvalue weighted by Crippen LogP contribution is 2.38. The minimum Gasteiger partial charge on any atom is -0.493 e. The van der Waals surface area contributed by atoms with E-state index in [2.05, 4.69) is 0 Å². The zero-order valence-electron chi connectivity index (χ0n) is 13.4. The van der Waals surface area contributed by atoms with E-state index in [0.717, 1.165) is 18.5 Å². The number of carbonyl (C=O) groups is 1. The molecule has 1 aliphatic rings. The van der Waals surface area contributed by atoms with E-state index in [1.165, 1.54) is 0 Å². The molecule has 1 fully saturated rings. The average Bonchev–Trinajstić information content (AvgIpc) is 2.97. The molecule has 6 nitrogen and oxygen atoms in total. The number of nitrogens with two attached hydrogens (primary N) is 1. The predicted octanol–water partition coefficient (Wildman–Crippen LogP) is 1.20. The molecule has 0 aromatic heterocycles. The summed E-state index contributed by atoms with van der Waals surface area (Å²) >= 11 is 0. The molecule has 1 saturated heterocycles. The maximum absolute atomic E-state index is 12.2. The van der Waals surface area contributed by atoms with Gasteiger partial charge in [-0.2, -0.15) is 0 Å². The third kappa shape index (κ3) is 3.62. The number of methoxy groups -OCH3 is 3. The number of nitrogens with zero attached hydrogens (tertiary/aromatic N) is 1. The SMILES string of the molecule is COc1cc(CCC(=O)N2CC[C@@H](N)C2)cc(OC)c1OC. The maximum Gasteiger partial charge on any atom is 0.222 e. The van der Waals surface area contributed by atoms with Gasteiger partial charge < -0.3 is 24.8 Å². The van der Waals surface area contributed by atoms with Crippen LogP contribution in [0.1, 0.15) is 18.4 Å². The smallest absolute Gasteiger partial charge is 0.222 e. The monoisotopic (exact) mass is 308 g/mol. The lowest BCUT2D eigenvalue weighted by Gasteiger charge is -2.17. The predicted molar refractivity (Wildman–Crippen MR) is 83.6 cm³/mol. The molecule has 0 unspecified atom stereocenters. The number of hydrogen-bond donors (Lipinski definition) is 1. The van der Waals surface area contributed by atoms with Gasteiger partial charge in [0.1, 0.15) is 0 Å². The van der Waals surface area contributed by atoms with E-state index in [9.17, 15) is 4.79 Å². The first kappa shape index (κ1) is 16.4. The molecule has 1 heterocycles. The van der Waals surface area contributed by atoms with Gasteiger partial charge in [0.15, 0.2) is 11.5 Å². The molecule has 0 bridgehead atoms. The number of rotatable bonds is 6. The highest BCUT2D eigenvalue weighted by Gasteiger charge is 2.23. The first-order chi connectivity index (χ1) is 10.6. The summed E-state index contributed by atoms with van der Waals surface area (Å²) in [6.45, 7) is 1.42. The molecule has 0 radical (unpaired) electrons. The molecule has 1 aromatic rings. The number of carbonyl (C=O) groups excluding carboxylic acids is 1. The minimum atomic E-state index is 0.116. The van der Waals surface area contributed by atoms with E-state index in [1.807, 2.05) is 17.0 Å². The molecule has 1 aliphatic heterocycles. The largest absolute Gasteiger partial charge is 0.493 e. The molecule has 1 aromatic carbocycles. The maximum atomic E-state index is 12.2. The van der Waals surface area contributed by atoms with Gasteiger partial charge in [0, 0.05) is 25.6 Å². The fourth-order valence-corrected chi connectivity index (χ4v) is 2.70. The van der Waals surface area contributed by atoms with Crippen LogP contribution in [0, 0.1) is 0 Å². The zero-order valence-corrected chi connectivity index (χ0v) is 13.4. The van der Waals surface area contributed by atoms with E-state index < -0.39 is 0 Å². The molecule has 1 amide bonds. The van der Waals surface area contributed by atoms with Gasteiger partial charge in [-0.1, -0.05) is 0 Å². The first-order valence-electron chi connectivity index (χ1n) is 7.41. The summed E-state index contributed by atoms with van der Waals surface area (Å²) in [5.41, 5.74) is 6.82. The summed E-state index contributed by atoms with van der Waals surface area (Å²) in [5, 5.41) is 0. The lowest BCUT2D eigenvalue weighted by molar-refractivity contribution is -0.130. The van der Waals surface area contributed by atoms with Crippen molar-refractivity contribution in [1.29, 1.82) is 0 Å². The number of aryl methyl sites for hydroxylation is 1. The van der Waals surface area contributed by atoms with Crippen LogP contribution in [0.3, 0.4) is 0 Å². The van der Waals surface area contributed by atoms with Gasteiger partial charge in [-0.15, -0.1) is 0 Å². The zero-order chi connectivity index (χ0) is 16.1. The third-order valence-corrected chi connectivity index (χ3v) is 3.93. The standard InChI is InChI=1S/C16H24N2O4/c1-20-13-8-11(9-14(21-2)16(13)22-3)4-5-15(19)18-7-6-12(17)10-18/h8-9,12H,4-7,10,17H2,1-3H3/t12-/m1/s1. The molecular formula is C16H24N2O4. The van der Waals surface area contributed by atoms with Crippen molar-refractivity contribution in [2.75, 3.05) is 34.4 Å². The van der Waals surface area contributed by atoms with Crippen LogP contribution in [-0.4, -0.2) is 51.3 Å². The van der Waals surface area contributed by atoms with Gasteiger partial charge in [-0.25, -0.2) is 0 Å². The van der Waals surface area contributed by atoms with Crippen LogP contribution >= 0.6 is 0 Å². The molecule has 122 valence electrons. The highest BCUT2D eigenvalue weighted by atomic mass is 16.5. The second kappa shape index (κ2) is 7.35. The normalized spacial score (nSPS) is 17.5. The van der Waals surface area contributed by atoms with Gasteiger partial charge >= 0.3 is 0 Å². The fraction of sp³-hybridized carbons (Fsp3) is 0.562. The summed E-state index contributed by atoms with van der Waals surface area (Å²) in [5.74, 6) is 1.91. The van der Waals surface area contributed by atoms with Crippen molar-refractivity contribution < 1.29 is 19.0 Å². The van der Waals surface area contributed by atoms with Crippen molar-refractivity contribution in [1.82, 2.24) is 4.90 Å². The van der Waals surface area contributed by atoms with Crippen LogP contribution in [-0.2, 0) is 11.2 Å². The minimum absolute atomic E-state index is 0.116. The van der Waals surface area contributed by atoms with Gasteiger partial charge in [0.2, 0.25) is 11.7 Å². The van der Waals surface area contributed by atoms with Crippen LogP contribution in [0.4, 0.5) is 0 Å². The van der Waals surface area contributed by atoms with E-state index in [-0.39, 0.29) is 11.9 Å². The Morgan fingerprint density at radius 2 is 1.86 bits per heavy atom. The summed E-state index contributed by atoms with van der Waals surface area (Å²) in [6.07, 6.45) is 1.96. The molecule has 2 rings (SSSR count). The summed E-state index contributed by atoms with van der Waals surface area (Å²) in [6, 6.07) is 3.87. The van der Waals surface area contributed by atoms with Crippen molar-refractivity contribution in [2.45, 2.75) is 25.3 Å². The molecular weight excluding hydrogens is 284 g/mol. The van der Waals surface area contributed by atoms with E-state index in [0.29, 0.717) is 36.6 Å². The number of likely N-dealkylation sites (tertiary alicyclic amines) is 1. The van der Waals surface area contributed by atoms with Crippen molar-refractivity contribution in [3.05, 3.63) is 17.7 Å². The second-order valence-electron chi connectivity index (χ2n) is 5.42. The molecule has 2 N–H and O–H groups in total. The lowest BCUT2D eigenvalue weighted by Crippen LogP contribution is -2.31. The number of amides is 1. The molecule has 1 atom stereocenters. The van der Waals surface area contributed by atoms with Crippen LogP contribution in [0.2, 0.25) is 0 Å². The van der Waals surface area contributed by atoms with Gasteiger partial charge in [-0.3, -0.25) is 4.79 Å². The Bertz CT molecular complexity index is 508. The van der Waals surface area contributed by atoms with Crippen molar-refractivity contribution in [3.63, 3.8) is 0 Å². The molecule has 0 spiro atoms. The lowest BCUT2D eigenvalue weighted by atomic mass is 10.1. The van der Waals surface area contributed by atoms with Crippen LogP contribution < -0.4 is 19.9 Å². The fourth-order valence-electron chi connectivity index (χ4n) is 2.70. The Morgan fingerprint density at radius 1 is 1.23 bits per heavy atom. The van der Waals surface area contributed by atoms with Crippen molar-refractivity contribution in [3.8, 4) is 17.2 Å². The Labute approximate surface area is 131 Å². The van der Waals surface area contributed by atoms with Crippen LogP contribution in [0.15, 0.2) is 12.1 Å². The van der Waals surface area contributed by atoms with Crippen molar-refractivity contribution >= 4 is 5.91 Å². The average molecular weight is 308 g/mol. The van der Waals surface area contributed by atoms with Gasteiger partial charge in [0.05, 0.1) is 21.3 Å². The molecule has 0 saturated carbocycles. The third-order valence-electron chi connectivity index (χ3n) is 3.93. The van der Waals surface area contributed by atoms with E-state index >= 15 is 0 Å². The Balaban J connectivity index is 2.05. The molecule has 0 aliphatic carbocycles. The molecule has 22 heavy (non-hydrogen) atoms. The quantitative estimate of drug-likeness (QED) is 0.855. The molecule has 6 heteroatoms. The number of benzene rings is 1. The Kier molecular flexibility index (Phi) is 5.49. The number of hydrogen-bond acceptors (Lipinski definition) is 5. The second-order valence-corrected chi connectivity index (χ2v) is 5.42. The first-order valence-corrected chi connectivity index (χ1v) is 7.41. The summed E-state index contributed by atoms with van der Waals surface area (Å²) < 4.78 is 15.9. The van der Waals surface area contributed by atoms with E-state index in [4.69, 9.17) is 19.9 Å². The number of ether oxygens (including phenoxy) is 3. The highest BCUT2D eigenvalue weighted by molar-refractivity contribution is 5.77. The van der Waals surface area contributed by atoms with Crippen molar-refractivity contribution in [2.24, 2.45) is 5.73 Å². The summed E-state index contributed by atoms with van der Waals surface area (Å²) in [7, 11) is 4.73. The Hall–Kier alpha value is -1.95. The topological polar surface area (TPSA) is 74.0 Å². The van der Waals surface area contributed by atoms with Crippen LogP contribution in [0.5, 0.6) is 17.2 Å². The van der Waals surface area contributed by atoms with Gasteiger partial charge in [0.25, 0.3) is 0 Å². The summed E-state index contributed by atoms with van der Waals surface area (Å²) in [4.78, 5) is 14.0. The van der Waals surface area contributed by atoms with E-state index in [1.54, 1.807) is 21.3 Å². The Morgan fingerprint density at radius 3 is 2.32 bits per heavy atom. The van der Waals surface area contributed by atoms with Gasteiger partial charge in [-0.05, 0) is 30.5 Å².